The van der Waals surface area contributed by atoms with Gasteiger partial charge < -0.3 is 15.0 Å². The van der Waals surface area contributed by atoms with Gasteiger partial charge in [-0.05, 0) is 29.3 Å². The molecule has 0 saturated heterocycles. The lowest BCUT2D eigenvalue weighted by Crippen LogP contribution is -2.24. The minimum atomic E-state index is -0.459. The Morgan fingerprint density at radius 3 is 2.88 bits per heavy atom. The van der Waals surface area contributed by atoms with Crippen molar-refractivity contribution in [3.05, 3.63) is 77.5 Å². The van der Waals surface area contributed by atoms with Crippen molar-refractivity contribution in [1.29, 1.82) is 5.26 Å². The van der Waals surface area contributed by atoms with Crippen LogP contribution in [0, 0.1) is 11.3 Å². The van der Waals surface area contributed by atoms with Gasteiger partial charge in [0.1, 0.15) is 6.61 Å². The maximum atomic E-state index is 11.7. The third-order valence-electron chi connectivity index (χ3n) is 3.72. The van der Waals surface area contributed by atoms with Crippen LogP contribution in [-0.2, 0) is 11.3 Å². The average molecular weight is 331 g/mol. The highest BCUT2D eigenvalue weighted by Crippen LogP contribution is 2.20. The van der Waals surface area contributed by atoms with Gasteiger partial charge in [-0.25, -0.2) is 4.79 Å². The molecule has 0 atom stereocenters. The fraction of sp³-hybridized carbons (Fsp3) is 0.100. The first-order chi connectivity index (χ1) is 12.3. The number of carbonyl (C=O) groups is 1. The van der Waals surface area contributed by atoms with Gasteiger partial charge in [0.15, 0.2) is 0 Å². The van der Waals surface area contributed by atoms with Gasteiger partial charge in [-0.3, -0.25) is 0 Å². The number of nitrogens with zero attached hydrogens (tertiary/aromatic N) is 1. The second-order valence-electron chi connectivity index (χ2n) is 5.46. The molecule has 0 bridgehead atoms. The lowest BCUT2D eigenvalue weighted by molar-refractivity contribution is 0.141. The van der Waals surface area contributed by atoms with E-state index in [0.29, 0.717) is 12.1 Å². The molecule has 0 aliphatic heterocycles. The van der Waals surface area contributed by atoms with Crippen molar-refractivity contribution in [3.8, 4) is 6.07 Å². The fourth-order valence-corrected chi connectivity index (χ4v) is 2.45. The zero-order chi connectivity index (χ0) is 17.5. The summed E-state index contributed by atoms with van der Waals surface area (Å²) in [5, 5.41) is 12.6. The molecule has 2 aromatic carbocycles. The van der Waals surface area contributed by atoms with Crippen molar-refractivity contribution in [3.63, 3.8) is 0 Å². The molecule has 2 N–H and O–H groups in total. The van der Waals surface area contributed by atoms with Crippen LogP contribution in [-0.4, -0.2) is 17.6 Å². The molecule has 0 saturated carbocycles. The number of fused-ring (bicyclic) bond motifs is 1. The highest BCUT2D eigenvalue weighted by Gasteiger charge is 2.03. The van der Waals surface area contributed by atoms with Crippen LogP contribution < -0.4 is 5.32 Å². The molecule has 3 rings (SSSR count). The fourth-order valence-electron chi connectivity index (χ4n) is 2.45. The largest absolute Gasteiger partial charge is 0.445 e. The van der Waals surface area contributed by atoms with Gasteiger partial charge in [-0.15, -0.1) is 0 Å². The zero-order valence-corrected chi connectivity index (χ0v) is 13.5. The van der Waals surface area contributed by atoms with E-state index in [4.69, 9.17) is 10.00 Å². The summed E-state index contributed by atoms with van der Waals surface area (Å²) in [5.41, 5.74) is 3.49. The number of rotatable bonds is 5. The van der Waals surface area contributed by atoms with Gasteiger partial charge in [-0.2, -0.15) is 5.26 Å². The van der Waals surface area contributed by atoms with Crippen LogP contribution in [0.15, 0.2) is 60.8 Å². The van der Waals surface area contributed by atoms with Gasteiger partial charge in [0.05, 0.1) is 11.6 Å². The van der Waals surface area contributed by atoms with Gasteiger partial charge in [0, 0.05) is 23.6 Å². The van der Waals surface area contributed by atoms with E-state index < -0.39 is 6.09 Å². The zero-order valence-electron chi connectivity index (χ0n) is 13.5. The molecule has 25 heavy (non-hydrogen) atoms. The Hall–Kier alpha value is -3.52. The van der Waals surface area contributed by atoms with Gasteiger partial charge in [-0.1, -0.05) is 42.5 Å². The van der Waals surface area contributed by atoms with Crippen LogP contribution in [0.5, 0.6) is 0 Å². The molecule has 1 amide bonds. The molecule has 0 fully saturated rings. The molecule has 1 heterocycles. The predicted octanol–water partition coefficient (Wildman–Crippen LogP) is 3.98. The molecular weight excluding hydrogens is 314 g/mol. The van der Waals surface area contributed by atoms with Crippen LogP contribution in [0.1, 0.15) is 16.7 Å². The molecule has 0 spiro atoms. The predicted molar refractivity (Wildman–Crippen MR) is 96.7 cm³/mol. The van der Waals surface area contributed by atoms with Crippen LogP contribution in [0.2, 0.25) is 0 Å². The minimum absolute atomic E-state index is 0.246. The first kappa shape index (κ1) is 16.3. The summed E-state index contributed by atoms with van der Waals surface area (Å²) in [5.74, 6) is 0. The lowest BCUT2D eigenvalue weighted by Gasteiger charge is -2.05. The number of amides is 1. The first-order valence-corrected chi connectivity index (χ1v) is 7.88. The maximum absolute atomic E-state index is 11.7. The van der Waals surface area contributed by atoms with Crippen LogP contribution in [0.3, 0.4) is 0 Å². The molecule has 1 aromatic heterocycles. The topological polar surface area (TPSA) is 77.9 Å². The number of hydrogen-bond acceptors (Lipinski definition) is 3. The Morgan fingerprint density at radius 2 is 2.08 bits per heavy atom. The van der Waals surface area contributed by atoms with E-state index >= 15 is 0 Å². The summed E-state index contributed by atoms with van der Waals surface area (Å²) in [4.78, 5) is 14.8. The van der Waals surface area contributed by atoms with Crippen molar-refractivity contribution < 1.29 is 9.53 Å². The van der Waals surface area contributed by atoms with Crippen molar-refractivity contribution in [2.45, 2.75) is 6.61 Å². The van der Waals surface area contributed by atoms with Crippen molar-refractivity contribution >= 4 is 23.1 Å². The second-order valence-corrected chi connectivity index (χ2v) is 5.46. The standard InChI is InChI=1S/C20H17N3O2/c21-12-16-8-9-19-18(11-16)17(13-23-19)7-4-10-22-20(24)25-14-15-5-2-1-3-6-15/h1-9,11,13,23H,10,14H2,(H,22,24). The summed E-state index contributed by atoms with van der Waals surface area (Å²) < 4.78 is 5.14. The van der Waals surface area contributed by atoms with Crippen molar-refractivity contribution in [2.75, 3.05) is 6.54 Å². The molecule has 5 nitrogen and oxygen atoms in total. The quantitative estimate of drug-likeness (QED) is 0.742. The summed E-state index contributed by atoms with van der Waals surface area (Å²) in [7, 11) is 0. The summed E-state index contributed by atoms with van der Waals surface area (Å²) >= 11 is 0. The van der Waals surface area contributed by atoms with Gasteiger partial charge in [0.25, 0.3) is 0 Å². The number of benzene rings is 2. The van der Waals surface area contributed by atoms with Crippen molar-refractivity contribution in [1.82, 2.24) is 10.3 Å². The normalized spacial score (nSPS) is 10.7. The average Bonchev–Trinajstić information content (AvgIpc) is 3.06. The van der Waals surface area contributed by atoms with E-state index in [1.165, 1.54) is 0 Å². The third kappa shape index (κ3) is 4.27. The number of aromatic nitrogens is 1. The maximum Gasteiger partial charge on any atom is 0.407 e. The van der Waals surface area contributed by atoms with Gasteiger partial charge >= 0.3 is 6.09 Å². The van der Waals surface area contributed by atoms with Crippen LogP contribution in [0.25, 0.3) is 17.0 Å². The monoisotopic (exact) mass is 331 g/mol. The van der Waals surface area contributed by atoms with Crippen LogP contribution in [0.4, 0.5) is 4.79 Å². The molecule has 5 heteroatoms. The van der Waals surface area contributed by atoms with Crippen LogP contribution >= 0.6 is 0 Å². The number of hydrogen-bond donors (Lipinski definition) is 2. The third-order valence-corrected chi connectivity index (χ3v) is 3.72. The number of carbonyl (C=O) groups excluding carboxylic acids is 1. The van der Waals surface area contributed by atoms with E-state index in [1.807, 2.05) is 60.8 Å². The van der Waals surface area contributed by atoms with E-state index in [-0.39, 0.29) is 6.61 Å². The number of aromatic amines is 1. The van der Waals surface area contributed by atoms with E-state index in [0.717, 1.165) is 22.0 Å². The summed E-state index contributed by atoms with van der Waals surface area (Å²) in [6, 6.07) is 17.2. The smallest absolute Gasteiger partial charge is 0.407 e. The number of nitriles is 1. The highest BCUT2D eigenvalue weighted by atomic mass is 16.5. The Kier molecular flexibility index (Phi) is 5.13. The lowest BCUT2D eigenvalue weighted by atomic mass is 10.1. The summed E-state index contributed by atoms with van der Waals surface area (Å²) in [6.07, 6.45) is 5.15. The number of nitrogens with one attached hydrogen (secondary N) is 2. The van der Waals surface area contributed by atoms with E-state index in [2.05, 4.69) is 16.4 Å². The molecule has 0 radical (unpaired) electrons. The van der Waals surface area contributed by atoms with Crippen molar-refractivity contribution in [2.24, 2.45) is 0 Å². The molecule has 0 unspecified atom stereocenters. The summed E-state index contributed by atoms with van der Waals surface area (Å²) in [6.45, 7) is 0.605. The minimum Gasteiger partial charge on any atom is -0.445 e. The Balaban J connectivity index is 1.52. The Morgan fingerprint density at radius 1 is 1.24 bits per heavy atom. The number of ether oxygens (including phenoxy) is 1. The second kappa shape index (κ2) is 7.84. The Bertz CT molecular complexity index is 936. The van der Waals surface area contributed by atoms with E-state index in [1.54, 1.807) is 6.07 Å². The molecule has 124 valence electrons. The molecule has 0 aliphatic rings. The highest BCUT2D eigenvalue weighted by molar-refractivity contribution is 5.89. The first-order valence-electron chi connectivity index (χ1n) is 7.88. The SMILES string of the molecule is N#Cc1ccc2[nH]cc(C=CCNC(=O)OCc3ccccc3)c2c1. The van der Waals surface area contributed by atoms with E-state index in [9.17, 15) is 4.79 Å². The molecule has 3 aromatic rings. The molecular formula is C20H17N3O2. The molecule has 0 aliphatic carbocycles. The Labute approximate surface area is 145 Å². The number of alkyl carbamates (subject to hydrolysis) is 1. The van der Waals surface area contributed by atoms with Gasteiger partial charge in [0.2, 0.25) is 0 Å². The number of H-pyrrole nitrogens is 1.